The third-order valence-corrected chi connectivity index (χ3v) is 4.89. The Morgan fingerprint density at radius 1 is 1.15 bits per heavy atom. The molecule has 0 unspecified atom stereocenters. The molecule has 1 aliphatic rings. The second-order valence-electron chi connectivity index (χ2n) is 6.89. The molecule has 3 rings (SSSR count). The Bertz CT molecular complexity index is 1040. The highest BCUT2D eigenvalue weighted by molar-refractivity contribution is 6.22. The minimum Gasteiger partial charge on any atom is -0.505 e. The SMILES string of the molecule is COC(=O)C1=C(O)/C(=C/c2cc(C)n(-c3cc(C)ccc3C)c2C)N=C1C. The lowest BCUT2D eigenvalue weighted by atomic mass is 10.1. The molecule has 1 aromatic carbocycles. The van der Waals surface area contributed by atoms with Gasteiger partial charge in [-0.15, -0.1) is 0 Å². The van der Waals surface area contributed by atoms with E-state index in [2.05, 4.69) is 54.6 Å². The topological polar surface area (TPSA) is 63.8 Å². The number of esters is 1. The number of ether oxygens (including phenoxy) is 1. The predicted octanol–water partition coefficient (Wildman–Crippen LogP) is 4.51. The number of carbonyl (C=O) groups excluding carboxylic acids is 1. The Morgan fingerprint density at radius 2 is 1.85 bits per heavy atom. The average molecular weight is 364 g/mol. The molecule has 5 heteroatoms. The number of methoxy groups -OCH3 is 1. The summed E-state index contributed by atoms with van der Waals surface area (Å²) in [6.07, 6.45) is 1.80. The van der Waals surface area contributed by atoms with E-state index in [0.717, 1.165) is 22.6 Å². The largest absolute Gasteiger partial charge is 0.505 e. The maximum Gasteiger partial charge on any atom is 0.343 e. The normalized spacial score (nSPS) is 15.5. The van der Waals surface area contributed by atoms with Crippen LogP contribution in [0.4, 0.5) is 0 Å². The molecule has 0 fully saturated rings. The van der Waals surface area contributed by atoms with Gasteiger partial charge in [0.25, 0.3) is 0 Å². The Balaban J connectivity index is 2.11. The Kier molecular flexibility index (Phi) is 4.79. The summed E-state index contributed by atoms with van der Waals surface area (Å²) in [5.74, 6) is -0.728. The van der Waals surface area contributed by atoms with Crippen LogP contribution in [0.1, 0.15) is 35.0 Å². The molecule has 5 nitrogen and oxygen atoms in total. The van der Waals surface area contributed by atoms with Crippen molar-refractivity contribution in [3.8, 4) is 5.69 Å². The number of rotatable bonds is 3. The third-order valence-electron chi connectivity index (χ3n) is 4.89. The summed E-state index contributed by atoms with van der Waals surface area (Å²) in [7, 11) is 1.29. The lowest BCUT2D eigenvalue weighted by Gasteiger charge is -2.13. The first-order valence-corrected chi connectivity index (χ1v) is 8.80. The average Bonchev–Trinajstić information content (AvgIpc) is 3.05. The first-order chi connectivity index (χ1) is 12.7. The number of aliphatic imine (C=N–C) groups is 1. The highest BCUT2D eigenvalue weighted by atomic mass is 16.5. The Hall–Kier alpha value is -3.08. The minimum absolute atomic E-state index is 0.118. The number of carbonyl (C=O) groups is 1. The van der Waals surface area contributed by atoms with Crippen LogP contribution in [0.2, 0.25) is 0 Å². The van der Waals surface area contributed by atoms with Gasteiger partial charge in [-0.05, 0) is 69.5 Å². The van der Waals surface area contributed by atoms with Gasteiger partial charge in [-0.25, -0.2) is 9.79 Å². The van der Waals surface area contributed by atoms with E-state index in [1.165, 1.54) is 18.2 Å². The van der Waals surface area contributed by atoms with E-state index < -0.39 is 5.97 Å². The number of hydrogen-bond donors (Lipinski definition) is 1. The van der Waals surface area contributed by atoms with Gasteiger partial charge in [0.05, 0.1) is 12.8 Å². The van der Waals surface area contributed by atoms with Crippen LogP contribution in [0.3, 0.4) is 0 Å². The maximum absolute atomic E-state index is 11.9. The molecule has 0 spiro atoms. The number of hydrogen-bond acceptors (Lipinski definition) is 4. The molecule has 2 heterocycles. The molecule has 0 saturated heterocycles. The molecule has 0 atom stereocenters. The van der Waals surface area contributed by atoms with Crippen LogP contribution in [0, 0.1) is 27.7 Å². The third kappa shape index (κ3) is 3.21. The van der Waals surface area contributed by atoms with Crippen molar-refractivity contribution in [2.24, 2.45) is 4.99 Å². The van der Waals surface area contributed by atoms with Crippen LogP contribution in [-0.4, -0.2) is 28.5 Å². The van der Waals surface area contributed by atoms with E-state index in [9.17, 15) is 9.90 Å². The second-order valence-corrected chi connectivity index (χ2v) is 6.89. The summed E-state index contributed by atoms with van der Waals surface area (Å²) < 4.78 is 6.93. The Morgan fingerprint density at radius 3 is 2.52 bits per heavy atom. The van der Waals surface area contributed by atoms with Crippen molar-refractivity contribution in [3.05, 3.63) is 69.4 Å². The summed E-state index contributed by atoms with van der Waals surface area (Å²) in [6.45, 7) is 9.94. The summed E-state index contributed by atoms with van der Waals surface area (Å²) in [5.41, 5.74) is 7.53. The fraction of sp³-hybridized carbons (Fsp3) is 0.273. The zero-order valence-corrected chi connectivity index (χ0v) is 16.5. The lowest BCUT2D eigenvalue weighted by Crippen LogP contribution is -2.11. The van der Waals surface area contributed by atoms with Crippen LogP contribution in [-0.2, 0) is 9.53 Å². The van der Waals surface area contributed by atoms with Gasteiger partial charge in [-0.2, -0.15) is 0 Å². The van der Waals surface area contributed by atoms with Gasteiger partial charge in [0.1, 0.15) is 11.3 Å². The molecular weight excluding hydrogens is 340 g/mol. The summed E-state index contributed by atoms with van der Waals surface area (Å²) in [5, 5.41) is 10.4. The number of aliphatic hydroxyl groups excluding tert-OH is 1. The fourth-order valence-electron chi connectivity index (χ4n) is 3.45. The Labute approximate surface area is 159 Å². The van der Waals surface area contributed by atoms with Crippen LogP contribution in [0.15, 0.2) is 46.3 Å². The summed E-state index contributed by atoms with van der Waals surface area (Å²) in [4.78, 5) is 16.2. The molecule has 140 valence electrons. The van der Waals surface area contributed by atoms with Gasteiger partial charge in [-0.1, -0.05) is 12.1 Å². The first-order valence-electron chi connectivity index (χ1n) is 8.80. The van der Waals surface area contributed by atoms with Crippen molar-refractivity contribution < 1.29 is 14.6 Å². The monoisotopic (exact) mass is 364 g/mol. The molecular formula is C22H24N2O3. The molecule has 1 aromatic heterocycles. The minimum atomic E-state index is -0.585. The molecule has 0 amide bonds. The van der Waals surface area contributed by atoms with Crippen molar-refractivity contribution in [3.63, 3.8) is 0 Å². The van der Waals surface area contributed by atoms with Crippen LogP contribution >= 0.6 is 0 Å². The first kappa shape index (κ1) is 18.7. The highest BCUT2D eigenvalue weighted by Gasteiger charge is 2.27. The molecule has 1 N–H and O–H groups in total. The number of benzene rings is 1. The smallest absolute Gasteiger partial charge is 0.343 e. The molecule has 27 heavy (non-hydrogen) atoms. The summed E-state index contributed by atoms with van der Waals surface area (Å²) in [6, 6.07) is 8.43. The van der Waals surface area contributed by atoms with Gasteiger partial charge in [0.15, 0.2) is 5.76 Å². The second kappa shape index (κ2) is 6.91. The van der Waals surface area contributed by atoms with Crippen LogP contribution in [0.5, 0.6) is 0 Å². The van der Waals surface area contributed by atoms with Crippen molar-refractivity contribution in [1.82, 2.24) is 4.57 Å². The molecule has 0 bridgehead atoms. The highest BCUT2D eigenvalue weighted by Crippen LogP contribution is 2.30. The van der Waals surface area contributed by atoms with Gasteiger partial charge in [0.2, 0.25) is 0 Å². The number of aryl methyl sites for hydroxylation is 3. The van der Waals surface area contributed by atoms with Gasteiger partial charge < -0.3 is 14.4 Å². The van der Waals surface area contributed by atoms with E-state index in [-0.39, 0.29) is 11.3 Å². The van der Waals surface area contributed by atoms with E-state index in [1.807, 2.05) is 6.92 Å². The zero-order chi connectivity index (χ0) is 19.9. The van der Waals surface area contributed by atoms with Crippen LogP contribution in [0.25, 0.3) is 11.8 Å². The van der Waals surface area contributed by atoms with Crippen LogP contribution < -0.4 is 0 Å². The van der Waals surface area contributed by atoms with Gasteiger partial charge >= 0.3 is 5.97 Å². The van der Waals surface area contributed by atoms with E-state index in [0.29, 0.717) is 11.4 Å². The molecule has 1 aliphatic heterocycles. The van der Waals surface area contributed by atoms with Crippen molar-refractivity contribution >= 4 is 17.8 Å². The number of aliphatic hydroxyl groups is 1. The van der Waals surface area contributed by atoms with E-state index in [4.69, 9.17) is 4.74 Å². The number of aromatic nitrogens is 1. The van der Waals surface area contributed by atoms with Crippen molar-refractivity contribution in [2.45, 2.75) is 34.6 Å². The van der Waals surface area contributed by atoms with Crippen molar-refractivity contribution in [2.75, 3.05) is 7.11 Å². The van der Waals surface area contributed by atoms with Crippen molar-refractivity contribution in [1.29, 1.82) is 0 Å². The van der Waals surface area contributed by atoms with E-state index >= 15 is 0 Å². The van der Waals surface area contributed by atoms with Gasteiger partial charge in [-0.3, -0.25) is 0 Å². The van der Waals surface area contributed by atoms with Gasteiger partial charge in [0, 0.05) is 17.1 Å². The molecule has 0 radical (unpaired) electrons. The standard InChI is InChI=1S/C22H24N2O3/c1-12-7-8-13(2)19(9-12)24-14(3)10-17(16(24)5)11-18-21(25)20(15(4)23-18)22(26)27-6/h7-11,25H,1-6H3/b18-11-. The lowest BCUT2D eigenvalue weighted by molar-refractivity contribution is -0.135. The quantitative estimate of drug-likeness (QED) is 0.815. The number of nitrogens with zero attached hydrogens (tertiary/aromatic N) is 2. The molecule has 0 saturated carbocycles. The van der Waals surface area contributed by atoms with E-state index in [1.54, 1.807) is 13.0 Å². The summed E-state index contributed by atoms with van der Waals surface area (Å²) >= 11 is 0. The molecule has 2 aromatic rings. The maximum atomic E-state index is 11.9. The zero-order valence-electron chi connectivity index (χ0n) is 16.5. The molecule has 0 aliphatic carbocycles. The predicted molar refractivity (Wildman–Crippen MR) is 107 cm³/mol. The fourth-order valence-corrected chi connectivity index (χ4v) is 3.45.